The van der Waals surface area contributed by atoms with E-state index < -0.39 is 0 Å². The molecule has 8 heteroatoms. The Morgan fingerprint density at radius 2 is 1.70 bits per heavy atom. The lowest BCUT2D eigenvalue weighted by atomic mass is 9.83. The van der Waals surface area contributed by atoms with E-state index in [0.29, 0.717) is 0 Å². The summed E-state index contributed by atoms with van der Waals surface area (Å²) in [5, 5.41) is 8.14. The molecule has 0 spiro atoms. The second kappa shape index (κ2) is 9.74. The third kappa shape index (κ3) is 4.70. The lowest BCUT2D eigenvalue weighted by molar-refractivity contribution is 0.0498. The lowest BCUT2D eigenvalue weighted by Gasteiger charge is -2.29. The van der Waals surface area contributed by atoms with Crippen LogP contribution in [0.3, 0.4) is 0 Å². The molecule has 0 unspecified atom stereocenters. The third-order valence-electron chi connectivity index (χ3n) is 8.45. The minimum absolute atomic E-state index is 0.0404. The van der Waals surface area contributed by atoms with Gasteiger partial charge in [0.15, 0.2) is 5.82 Å². The fourth-order valence-electron chi connectivity index (χ4n) is 6.25. The first-order valence-corrected chi connectivity index (χ1v) is 14.6. The number of nitrogens with one attached hydrogen (secondary N) is 3. The normalized spacial score (nSPS) is 19.2. The number of anilines is 4. The van der Waals surface area contributed by atoms with Gasteiger partial charge in [-0.25, -0.2) is 4.98 Å². The molecule has 1 aliphatic carbocycles. The molecule has 8 nitrogen and oxygen atoms in total. The lowest BCUT2D eigenvalue weighted by Crippen LogP contribution is -2.27. The van der Waals surface area contributed by atoms with Gasteiger partial charge in [0.05, 0.1) is 41.1 Å². The summed E-state index contributed by atoms with van der Waals surface area (Å²) >= 11 is 0. The van der Waals surface area contributed by atoms with Crippen molar-refractivity contribution in [2.45, 2.75) is 38.7 Å². The summed E-state index contributed by atoms with van der Waals surface area (Å²) in [6.07, 6.45) is 7.26. The van der Waals surface area contributed by atoms with Crippen LogP contribution in [0.25, 0.3) is 33.5 Å². The second-order valence-corrected chi connectivity index (χ2v) is 11.7. The van der Waals surface area contributed by atoms with Crippen LogP contribution < -0.4 is 10.6 Å². The van der Waals surface area contributed by atoms with Crippen LogP contribution in [0.2, 0.25) is 0 Å². The highest BCUT2D eigenvalue weighted by atomic mass is 16.5. The molecule has 0 saturated carbocycles. The first-order valence-electron chi connectivity index (χ1n) is 14.6. The summed E-state index contributed by atoms with van der Waals surface area (Å²) in [5.41, 5.74) is 12.1. The van der Waals surface area contributed by atoms with Gasteiger partial charge in [-0.15, -0.1) is 0 Å². The van der Waals surface area contributed by atoms with Gasteiger partial charge in [-0.2, -0.15) is 0 Å². The molecule has 1 saturated heterocycles. The van der Waals surface area contributed by atoms with Gasteiger partial charge in [-0.05, 0) is 99.0 Å². The maximum atomic E-state index is 5.86. The maximum absolute atomic E-state index is 5.86. The highest BCUT2D eigenvalue weighted by Gasteiger charge is 2.49. The number of imidazole rings is 1. The number of fused-ring (bicyclic) bond motifs is 3. The highest BCUT2D eigenvalue weighted by Crippen LogP contribution is 2.53. The van der Waals surface area contributed by atoms with E-state index in [1.807, 2.05) is 56.4 Å². The van der Waals surface area contributed by atoms with Crippen molar-refractivity contribution in [1.82, 2.24) is 24.9 Å². The fraction of sp³-hybridized carbons (Fsp3) is 0.200. The Morgan fingerprint density at radius 3 is 2.56 bits per heavy atom. The number of nitrogens with zero attached hydrogens (tertiary/aromatic N) is 4. The van der Waals surface area contributed by atoms with E-state index >= 15 is 0 Å². The molecule has 43 heavy (non-hydrogen) atoms. The number of H-pyrrole nitrogens is 1. The maximum Gasteiger partial charge on any atom is 0.157 e. The number of rotatable bonds is 6. The van der Waals surface area contributed by atoms with Crippen LogP contribution in [0.5, 0.6) is 0 Å². The Morgan fingerprint density at radius 1 is 0.837 bits per heavy atom. The summed E-state index contributed by atoms with van der Waals surface area (Å²) in [5.74, 6) is 0.728. The van der Waals surface area contributed by atoms with Crippen molar-refractivity contribution in [2.24, 2.45) is 0 Å². The number of aromatic amines is 1. The van der Waals surface area contributed by atoms with Gasteiger partial charge in [0.25, 0.3) is 0 Å². The van der Waals surface area contributed by atoms with Crippen molar-refractivity contribution in [1.29, 1.82) is 0 Å². The predicted octanol–water partition coefficient (Wildman–Crippen LogP) is 7.66. The topological polar surface area (TPSA) is 101 Å². The van der Waals surface area contributed by atoms with Gasteiger partial charge in [-0.3, -0.25) is 15.0 Å². The molecule has 6 aromatic rings. The number of ether oxygens (including phenoxy) is 1. The van der Waals surface area contributed by atoms with Crippen LogP contribution in [0.15, 0.2) is 90.8 Å². The second-order valence-electron chi connectivity index (χ2n) is 11.7. The van der Waals surface area contributed by atoms with Crippen LogP contribution in [0, 0.1) is 13.8 Å². The molecule has 0 bridgehead atoms. The average molecular weight is 566 g/mol. The minimum atomic E-state index is 0.0404. The van der Waals surface area contributed by atoms with Gasteiger partial charge in [0.1, 0.15) is 5.69 Å². The molecule has 3 N–H and O–H groups in total. The summed E-state index contributed by atoms with van der Waals surface area (Å²) in [6.45, 7) is 6.89. The first kappa shape index (κ1) is 25.6. The number of allylic oxidation sites excluding steroid dienone is 1. The molecule has 1 fully saturated rings. The van der Waals surface area contributed by atoms with Crippen LogP contribution in [-0.4, -0.2) is 37.6 Å². The zero-order valence-corrected chi connectivity index (χ0v) is 24.3. The van der Waals surface area contributed by atoms with Gasteiger partial charge >= 0.3 is 0 Å². The van der Waals surface area contributed by atoms with E-state index in [1.54, 1.807) is 6.20 Å². The molecule has 5 heterocycles. The van der Waals surface area contributed by atoms with E-state index in [1.165, 1.54) is 11.1 Å². The number of aryl methyl sites for hydroxylation is 2. The molecule has 0 amide bonds. The minimum Gasteiger partial charge on any atom is -0.374 e. The largest absolute Gasteiger partial charge is 0.374 e. The molecule has 2 aromatic carbocycles. The molecule has 2 aliphatic rings. The average Bonchev–Trinajstić information content (AvgIpc) is 3.58. The summed E-state index contributed by atoms with van der Waals surface area (Å²) < 4.78 is 5.86. The van der Waals surface area contributed by atoms with Gasteiger partial charge in [0.2, 0.25) is 0 Å². The number of hydrogen-bond donors (Lipinski definition) is 3. The SMILES string of the molecule is Cc1cc(Nc2ccc3nc(-c4ccc(Nc5cc(C)nc6ccc([C@]78C=C7CO[C@@H](C)C8)cc56)cn4)[nH]c3c2)ccn1. The van der Waals surface area contributed by atoms with Crippen LogP contribution in [0.4, 0.5) is 22.7 Å². The predicted molar refractivity (Wildman–Crippen MR) is 171 cm³/mol. The molecule has 0 radical (unpaired) electrons. The molecular weight excluding hydrogens is 534 g/mol. The van der Waals surface area contributed by atoms with Gasteiger partial charge < -0.3 is 20.4 Å². The molecule has 212 valence electrons. The van der Waals surface area contributed by atoms with Crippen molar-refractivity contribution in [2.75, 3.05) is 17.2 Å². The van der Waals surface area contributed by atoms with Gasteiger partial charge in [0, 0.05) is 45.4 Å². The van der Waals surface area contributed by atoms with Crippen LogP contribution >= 0.6 is 0 Å². The number of pyridine rings is 3. The first-order chi connectivity index (χ1) is 20.9. The summed E-state index contributed by atoms with van der Waals surface area (Å²) in [4.78, 5) is 22.0. The van der Waals surface area contributed by atoms with Crippen molar-refractivity contribution in [3.05, 3.63) is 108 Å². The van der Waals surface area contributed by atoms with E-state index in [-0.39, 0.29) is 11.5 Å². The monoisotopic (exact) mass is 565 g/mol. The molecule has 1 aliphatic heterocycles. The Bertz CT molecular complexity index is 2060. The third-order valence-corrected chi connectivity index (χ3v) is 8.45. The van der Waals surface area contributed by atoms with E-state index in [4.69, 9.17) is 19.7 Å². The molecule has 2 atom stereocenters. The molecular formula is C35H31N7O. The zero-order chi connectivity index (χ0) is 29.1. The smallest absolute Gasteiger partial charge is 0.157 e. The van der Waals surface area contributed by atoms with Crippen molar-refractivity contribution >= 4 is 44.7 Å². The van der Waals surface area contributed by atoms with E-state index in [9.17, 15) is 0 Å². The Kier molecular flexibility index (Phi) is 5.80. The van der Waals surface area contributed by atoms with E-state index in [2.05, 4.69) is 63.9 Å². The zero-order valence-electron chi connectivity index (χ0n) is 24.3. The van der Waals surface area contributed by atoms with E-state index in [0.717, 1.165) is 80.6 Å². The van der Waals surface area contributed by atoms with Crippen molar-refractivity contribution in [3.63, 3.8) is 0 Å². The summed E-state index contributed by atoms with van der Waals surface area (Å²) in [7, 11) is 0. The van der Waals surface area contributed by atoms with Crippen molar-refractivity contribution in [3.8, 4) is 11.5 Å². The number of hydrogen-bond acceptors (Lipinski definition) is 7. The van der Waals surface area contributed by atoms with Crippen molar-refractivity contribution < 1.29 is 4.74 Å². The summed E-state index contributed by atoms with van der Waals surface area (Å²) in [6, 6.07) is 22.9. The highest BCUT2D eigenvalue weighted by molar-refractivity contribution is 5.94. The number of benzene rings is 2. The quantitative estimate of drug-likeness (QED) is 0.178. The Labute approximate surface area is 249 Å². The standard InChI is InChI=1S/C35H31N7O/c1-20-12-26(10-11-36-20)39-25-5-8-30-33(15-25)42-34(41-30)31-9-6-27(18-37-31)40-32-13-21(2)38-29-7-4-23(14-28(29)32)35-16-22(3)43-19-24(35)17-35/h4-15,17-18,22H,16,19H2,1-3H3,(H,36,39)(H,38,40)(H,41,42)/t22-,35-/m0/s1. The molecule has 4 aromatic heterocycles. The Balaban J connectivity index is 1.05. The molecule has 8 rings (SSSR count). The van der Waals surface area contributed by atoms with Gasteiger partial charge in [-0.1, -0.05) is 12.1 Å². The Hall–Kier alpha value is -5.08. The van der Waals surface area contributed by atoms with Crippen LogP contribution in [0.1, 0.15) is 30.3 Å². The fourth-order valence-corrected chi connectivity index (χ4v) is 6.25. The van der Waals surface area contributed by atoms with Crippen LogP contribution in [-0.2, 0) is 10.2 Å². The number of aromatic nitrogens is 5.